The van der Waals surface area contributed by atoms with Crippen LogP contribution in [0.25, 0.3) is 0 Å². The summed E-state index contributed by atoms with van der Waals surface area (Å²) in [5.41, 5.74) is -0.339. The molecule has 2 atom stereocenters. The molecule has 0 heterocycles. The molecule has 0 saturated heterocycles. The molecule has 0 radical (unpaired) electrons. The first-order valence-electron chi connectivity index (χ1n) is 5.56. The Hall–Kier alpha value is -0.0800. The van der Waals surface area contributed by atoms with E-state index in [1.54, 1.807) is 0 Å². The van der Waals surface area contributed by atoms with Gasteiger partial charge in [-0.3, -0.25) is 0 Å². The van der Waals surface area contributed by atoms with Crippen molar-refractivity contribution in [3.8, 4) is 0 Å². The Morgan fingerprint density at radius 3 is 2.31 bits per heavy atom. The third-order valence-electron chi connectivity index (χ3n) is 4.32. The predicted molar refractivity (Wildman–Crippen MR) is 51.4 cm³/mol. The molecule has 0 unspecified atom stereocenters. The second kappa shape index (κ2) is 3.25. The molecule has 0 bridgehead atoms. The minimum atomic E-state index is -0.423. The number of aliphatic hydroxyl groups is 2. The Morgan fingerprint density at radius 1 is 0.923 bits per heavy atom. The second-order valence-electron chi connectivity index (χ2n) is 4.85. The normalized spacial score (nSPS) is 44.8. The van der Waals surface area contributed by atoms with Crippen LogP contribution >= 0.6 is 0 Å². The van der Waals surface area contributed by atoms with Crippen LogP contribution in [-0.4, -0.2) is 22.4 Å². The van der Waals surface area contributed by atoms with Crippen molar-refractivity contribution < 1.29 is 10.2 Å². The Bertz CT molecular complexity index is 189. The fourth-order valence-electron chi connectivity index (χ4n) is 3.54. The largest absolute Gasteiger partial charge is 0.396 e. The lowest BCUT2D eigenvalue weighted by Crippen LogP contribution is -2.46. The smallest absolute Gasteiger partial charge is 0.0704 e. The van der Waals surface area contributed by atoms with E-state index in [1.165, 1.54) is 12.8 Å². The van der Waals surface area contributed by atoms with Gasteiger partial charge in [0.25, 0.3) is 0 Å². The lowest BCUT2D eigenvalue weighted by molar-refractivity contribution is -0.101. The summed E-state index contributed by atoms with van der Waals surface area (Å²) in [6.45, 7) is 0.238. The summed E-state index contributed by atoms with van der Waals surface area (Å²) in [5.74, 6) is 0. The summed E-state index contributed by atoms with van der Waals surface area (Å²) in [5, 5.41) is 19.5. The summed E-state index contributed by atoms with van der Waals surface area (Å²) in [6, 6.07) is 0. The molecule has 2 N–H and O–H groups in total. The maximum absolute atomic E-state index is 10.5. The average molecular weight is 184 g/mol. The Labute approximate surface area is 80.0 Å². The van der Waals surface area contributed by atoms with Crippen LogP contribution in [0.5, 0.6) is 0 Å². The predicted octanol–water partition coefficient (Wildman–Crippen LogP) is 1.84. The van der Waals surface area contributed by atoms with Gasteiger partial charge in [-0.1, -0.05) is 12.8 Å². The highest BCUT2D eigenvalue weighted by Crippen LogP contribution is 2.56. The van der Waals surface area contributed by atoms with Gasteiger partial charge >= 0.3 is 0 Å². The van der Waals surface area contributed by atoms with Crippen LogP contribution in [0, 0.1) is 5.41 Å². The number of hydrogen-bond donors (Lipinski definition) is 2. The van der Waals surface area contributed by atoms with Crippen LogP contribution in [0.4, 0.5) is 0 Å². The highest BCUT2D eigenvalue weighted by molar-refractivity contribution is 5.05. The van der Waals surface area contributed by atoms with Crippen molar-refractivity contribution in [1.82, 2.24) is 0 Å². The fourth-order valence-corrected chi connectivity index (χ4v) is 3.54. The maximum Gasteiger partial charge on any atom is 0.0704 e. The quantitative estimate of drug-likeness (QED) is 0.687. The monoisotopic (exact) mass is 184 g/mol. The molecular formula is C11H20O2. The second-order valence-corrected chi connectivity index (χ2v) is 4.85. The zero-order chi connectivity index (χ0) is 9.36. The molecular weight excluding hydrogens is 164 g/mol. The Morgan fingerprint density at radius 2 is 1.54 bits per heavy atom. The molecule has 0 aromatic heterocycles. The van der Waals surface area contributed by atoms with Crippen molar-refractivity contribution in [1.29, 1.82) is 0 Å². The summed E-state index contributed by atoms with van der Waals surface area (Å²) in [7, 11) is 0. The van der Waals surface area contributed by atoms with E-state index in [0.29, 0.717) is 0 Å². The maximum atomic E-state index is 10.5. The molecule has 0 aliphatic heterocycles. The Balaban J connectivity index is 2.19. The van der Waals surface area contributed by atoms with Gasteiger partial charge in [0.15, 0.2) is 0 Å². The minimum absolute atomic E-state index is 0.0833. The van der Waals surface area contributed by atoms with E-state index in [0.717, 1.165) is 38.5 Å². The summed E-state index contributed by atoms with van der Waals surface area (Å²) < 4.78 is 0. The number of fused-ring (bicyclic) bond motifs is 1. The van der Waals surface area contributed by atoms with E-state index in [4.69, 9.17) is 5.11 Å². The van der Waals surface area contributed by atoms with E-state index in [1.807, 2.05) is 0 Å². The lowest BCUT2D eigenvalue weighted by atomic mass is 9.63. The first-order chi connectivity index (χ1) is 6.22. The van der Waals surface area contributed by atoms with Crippen LogP contribution in [0.2, 0.25) is 0 Å². The standard InChI is InChI=1S/C11H20O2/c12-9-8-10-4-1-2-6-11(10,13)7-3-5-10/h12-13H,1-9H2/t10-,11-/m1/s1. The highest BCUT2D eigenvalue weighted by Gasteiger charge is 2.53. The first-order valence-corrected chi connectivity index (χ1v) is 5.56. The highest BCUT2D eigenvalue weighted by atomic mass is 16.3. The molecule has 2 heteroatoms. The molecule has 2 rings (SSSR count). The number of rotatable bonds is 2. The van der Waals surface area contributed by atoms with Gasteiger partial charge in [-0.15, -0.1) is 0 Å². The van der Waals surface area contributed by atoms with Crippen LogP contribution in [0.1, 0.15) is 51.4 Å². The molecule has 2 saturated carbocycles. The number of aliphatic hydroxyl groups excluding tert-OH is 1. The van der Waals surface area contributed by atoms with Crippen LogP contribution in [0.15, 0.2) is 0 Å². The molecule has 13 heavy (non-hydrogen) atoms. The minimum Gasteiger partial charge on any atom is -0.396 e. The SMILES string of the molecule is OCC[C@]12CCCC[C@@]1(O)CCC2. The molecule has 2 fully saturated rings. The fraction of sp³-hybridized carbons (Fsp3) is 1.00. The third kappa shape index (κ3) is 1.31. The number of hydrogen-bond acceptors (Lipinski definition) is 2. The Kier molecular flexibility index (Phi) is 2.37. The zero-order valence-electron chi connectivity index (χ0n) is 8.26. The van der Waals surface area contributed by atoms with Crippen molar-refractivity contribution in [2.45, 2.75) is 57.0 Å². The van der Waals surface area contributed by atoms with Crippen LogP contribution in [-0.2, 0) is 0 Å². The summed E-state index contributed by atoms with van der Waals surface area (Å²) in [4.78, 5) is 0. The van der Waals surface area contributed by atoms with Crippen molar-refractivity contribution >= 4 is 0 Å². The van der Waals surface area contributed by atoms with E-state index in [2.05, 4.69) is 0 Å². The van der Waals surface area contributed by atoms with Crippen LogP contribution < -0.4 is 0 Å². The molecule has 2 nitrogen and oxygen atoms in total. The van der Waals surface area contributed by atoms with Gasteiger partial charge < -0.3 is 10.2 Å². The van der Waals surface area contributed by atoms with Gasteiger partial charge in [0, 0.05) is 12.0 Å². The van der Waals surface area contributed by atoms with Gasteiger partial charge in [0.05, 0.1) is 5.60 Å². The van der Waals surface area contributed by atoms with Gasteiger partial charge in [0.1, 0.15) is 0 Å². The first kappa shape index (κ1) is 9.47. The molecule has 0 amide bonds. The van der Waals surface area contributed by atoms with E-state index in [9.17, 15) is 5.11 Å². The van der Waals surface area contributed by atoms with E-state index in [-0.39, 0.29) is 12.0 Å². The van der Waals surface area contributed by atoms with Gasteiger partial charge in [-0.05, 0) is 38.5 Å². The van der Waals surface area contributed by atoms with Gasteiger partial charge in [-0.25, -0.2) is 0 Å². The lowest BCUT2D eigenvalue weighted by Gasteiger charge is -2.46. The summed E-state index contributed by atoms with van der Waals surface area (Å²) >= 11 is 0. The third-order valence-corrected chi connectivity index (χ3v) is 4.32. The van der Waals surface area contributed by atoms with Gasteiger partial charge in [0.2, 0.25) is 0 Å². The van der Waals surface area contributed by atoms with Crippen molar-refractivity contribution in [2.75, 3.05) is 6.61 Å². The molecule has 0 aromatic carbocycles. The van der Waals surface area contributed by atoms with Crippen molar-refractivity contribution in [3.05, 3.63) is 0 Å². The molecule has 0 aromatic rings. The average Bonchev–Trinajstić information content (AvgIpc) is 2.43. The van der Waals surface area contributed by atoms with Crippen molar-refractivity contribution in [2.24, 2.45) is 5.41 Å². The van der Waals surface area contributed by atoms with E-state index < -0.39 is 5.60 Å². The topological polar surface area (TPSA) is 40.5 Å². The summed E-state index contributed by atoms with van der Waals surface area (Å²) in [6.07, 6.45) is 8.56. The van der Waals surface area contributed by atoms with Gasteiger partial charge in [-0.2, -0.15) is 0 Å². The molecule has 0 spiro atoms. The van der Waals surface area contributed by atoms with E-state index >= 15 is 0 Å². The zero-order valence-corrected chi connectivity index (χ0v) is 8.26. The molecule has 2 aliphatic rings. The molecule has 76 valence electrons. The molecule has 2 aliphatic carbocycles. The van der Waals surface area contributed by atoms with Crippen molar-refractivity contribution in [3.63, 3.8) is 0 Å². The van der Waals surface area contributed by atoms with Crippen LogP contribution in [0.3, 0.4) is 0 Å².